The molecule has 3 unspecified atom stereocenters. The molecule has 2 bridgehead atoms. The average molecular weight is 546 g/mol. The number of benzene rings is 1. The van der Waals surface area contributed by atoms with E-state index in [2.05, 4.69) is 17.6 Å². The van der Waals surface area contributed by atoms with E-state index < -0.39 is 28.7 Å². The first-order valence-corrected chi connectivity index (χ1v) is 15.0. The second kappa shape index (κ2) is 11.9. The molecule has 0 aliphatic carbocycles. The van der Waals surface area contributed by atoms with Crippen molar-refractivity contribution in [2.75, 3.05) is 18.5 Å². The fourth-order valence-corrected chi connectivity index (χ4v) is 8.92. The summed E-state index contributed by atoms with van der Waals surface area (Å²) in [5.41, 5.74) is 0.651. The predicted octanol–water partition coefficient (Wildman–Crippen LogP) is 3.83. The van der Waals surface area contributed by atoms with Crippen LogP contribution in [0.1, 0.15) is 66.7 Å². The second-order valence-corrected chi connectivity index (χ2v) is 12.7. The smallest absolute Gasteiger partial charge is 0.244 e. The fourth-order valence-electron chi connectivity index (χ4n) is 6.72. The molecule has 1 spiro atoms. The number of hydrogen-bond donors (Lipinski definition) is 3. The van der Waals surface area contributed by atoms with Gasteiger partial charge in [0.1, 0.15) is 11.8 Å². The Morgan fingerprint density at radius 1 is 1.18 bits per heavy atom. The number of carbonyl (C=O) groups excluding carboxylic acids is 3. The predicted molar refractivity (Wildman–Crippen MR) is 150 cm³/mol. The monoisotopic (exact) mass is 545 g/mol. The molecule has 3 amide bonds. The maximum atomic E-state index is 14.2. The van der Waals surface area contributed by atoms with Gasteiger partial charge in [0, 0.05) is 17.0 Å². The Hall–Kier alpha value is -2.26. The molecule has 4 rings (SSSR count). The number of thioether (sulfide) groups is 1. The van der Waals surface area contributed by atoms with Crippen molar-refractivity contribution in [3.63, 3.8) is 0 Å². The van der Waals surface area contributed by atoms with Crippen molar-refractivity contribution >= 4 is 35.2 Å². The zero-order chi connectivity index (χ0) is 27.6. The molecular weight excluding hydrogens is 502 g/mol. The summed E-state index contributed by atoms with van der Waals surface area (Å²) in [5.74, 6) is -0.898. The first-order valence-electron chi connectivity index (χ1n) is 14.2. The van der Waals surface area contributed by atoms with Gasteiger partial charge in [0.05, 0.1) is 35.8 Å². The number of rotatable bonds is 12. The zero-order valence-corrected chi connectivity index (χ0v) is 24.1. The van der Waals surface area contributed by atoms with Gasteiger partial charge in [-0.15, -0.1) is 11.8 Å². The highest BCUT2D eigenvalue weighted by molar-refractivity contribution is 8.02. The minimum atomic E-state index is -0.705. The number of nitrogens with zero attached hydrogens (tertiary/aromatic N) is 1. The molecule has 3 aliphatic rings. The van der Waals surface area contributed by atoms with Gasteiger partial charge in [0.25, 0.3) is 0 Å². The van der Waals surface area contributed by atoms with Crippen LogP contribution in [0.15, 0.2) is 24.3 Å². The Kier molecular flexibility index (Phi) is 8.97. The topological polar surface area (TPSA) is 108 Å². The van der Waals surface area contributed by atoms with Crippen molar-refractivity contribution in [1.82, 2.24) is 10.2 Å². The van der Waals surface area contributed by atoms with Gasteiger partial charge in [-0.05, 0) is 63.3 Å². The lowest BCUT2D eigenvalue weighted by molar-refractivity contribution is -0.143. The molecule has 9 heteroatoms. The lowest BCUT2D eigenvalue weighted by Gasteiger charge is -2.39. The molecule has 1 aromatic rings. The number of nitrogens with one attached hydrogen (secondary N) is 2. The van der Waals surface area contributed by atoms with Crippen LogP contribution >= 0.6 is 11.8 Å². The van der Waals surface area contributed by atoms with E-state index in [1.807, 2.05) is 39.8 Å². The van der Waals surface area contributed by atoms with E-state index >= 15 is 0 Å². The SMILES string of the molecule is CCCC(C)NC(=O)C1N([C@@H](CO)[C@@H](C)CC)C(=O)[C@@H]2[C@H](C(=O)Nc3ccc(OCC)cc3)[C@@H]3CCC12S3. The van der Waals surface area contributed by atoms with Crippen molar-refractivity contribution in [2.45, 2.75) is 94.8 Å². The second-order valence-electron chi connectivity index (χ2n) is 11.1. The van der Waals surface area contributed by atoms with Crippen LogP contribution in [0, 0.1) is 17.8 Å². The van der Waals surface area contributed by atoms with Gasteiger partial charge >= 0.3 is 0 Å². The van der Waals surface area contributed by atoms with E-state index in [0.29, 0.717) is 18.7 Å². The molecule has 3 heterocycles. The van der Waals surface area contributed by atoms with E-state index in [1.54, 1.807) is 28.8 Å². The number of anilines is 1. The number of hydrogen-bond acceptors (Lipinski definition) is 6. The van der Waals surface area contributed by atoms with E-state index in [4.69, 9.17) is 4.74 Å². The molecule has 210 valence electrons. The molecule has 38 heavy (non-hydrogen) atoms. The molecule has 0 saturated carbocycles. The first kappa shape index (κ1) is 28.7. The first-order chi connectivity index (χ1) is 18.2. The summed E-state index contributed by atoms with van der Waals surface area (Å²) < 4.78 is 4.83. The van der Waals surface area contributed by atoms with Crippen LogP contribution in [-0.4, -0.2) is 69.1 Å². The molecule has 0 radical (unpaired) electrons. The summed E-state index contributed by atoms with van der Waals surface area (Å²) >= 11 is 1.65. The van der Waals surface area contributed by atoms with Gasteiger partial charge < -0.3 is 25.4 Å². The highest BCUT2D eigenvalue weighted by atomic mass is 32.2. The molecule has 3 N–H and O–H groups in total. The van der Waals surface area contributed by atoms with E-state index in [0.717, 1.165) is 31.4 Å². The van der Waals surface area contributed by atoms with Crippen LogP contribution in [0.2, 0.25) is 0 Å². The van der Waals surface area contributed by atoms with Crippen LogP contribution < -0.4 is 15.4 Å². The van der Waals surface area contributed by atoms with Gasteiger partial charge in [-0.2, -0.15) is 0 Å². The lowest BCUT2D eigenvalue weighted by Crippen LogP contribution is -2.58. The molecule has 0 aromatic heterocycles. The van der Waals surface area contributed by atoms with Crippen LogP contribution in [0.5, 0.6) is 5.75 Å². The third-order valence-corrected chi connectivity index (χ3v) is 10.6. The van der Waals surface area contributed by atoms with Crippen LogP contribution in [0.4, 0.5) is 5.69 Å². The maximum Gasteiger partial charge on any atom is 0.244 e. The Bertz CT molecular complexity index is 1020. The largest absolute Gasteiger partial charge is 0.494 e. The van der Waals surface area contributed by atoms with E-state index in [-0.39, 0.29) is 41.5 Å². The Morgan fingerprint density at radius 2 is 1.89 bits per heavy atom. The molecule has 3 aliphatic heterocycles. The standard InChI is InChI=1S/C29H43N3O5S/c1-6-9-18(5)30-27(35)25-29-15-14-22(38-29)23(24(29)28(36)32(25)21(16-33)17(4)7-2)26(34)31-19-10-12-20(13-11-19)37-8-3/h10-13,17-18,21-25,33H,6-9,14-16H2,1-5H3,(H,30,35)(H,31,34)/t17-,18?,21-,22-,23+,24-,25?,29?/m0/s1. The number of amides is 3. The van der Waals surface area contributed by atoms with Crippen LogP contribution in [0.25, 0.3) is 0 Å². The van der Waals surface area contributed by atoms with Crippen molar-refractivity contribution in [1.29, 1.82) is 0 Å². The van der Waals surface area contributed by atoms with Crippen LogP contribution in [-0.2, 0) is 14.4 Å². The molecule has 3 saturated heterocycles. The maximum absolute atomic E-state index is 14.2. The highest BCUT2D eigenvalue weighted by Gasteiger charge is 2.74. The molecule has 8 nitrogen and oxygen atoms in total. The van der Waals surface area contributed by atoms with Crippen molar-refractivity contribution in [3.05, 3.63) is 24.3 Å². The Balaban J connectivity index is 1.66. The quantitative estimate of drug-likeness (QED) is 0.369. The molecular formula is C29H43N3O5S. The van der Waals surface area contributed by atoms with E-state index in [9.17, 15) is 19.5 Å². The summed E-state index contributed by atoms with van der Waals surface area (Å²) in [7, 11) is 0. The Morgan fingerprint density at radius 3 is 2.50 bits per heavy atom. The third-order valence-electron chi connectivity index (χ3n) is 8.68. The third kappa shape index (κ3) is 5.04. The van der Waals surface area contributed by atoms with E-state index in [1.165, 1.54) is 0 Å². The summed E-state index contributed by atoms with van der Waals surface area (Å²) in [6, 6.07) is 6.04. The molecule has 8 atom stereocenters. The molecule has 3 fully saturated rings. The summed E-state index contributed by atoms with van der Waals surface area (Å²) in [6.07, 6.45) is 4.05. The van der Waals surface area contributed by atoms with Gasteiger partial charge in [-0.3, -0.25) is 14.4 Å². The number of ether oxygens (including phenoxy) is 1. The average Bonchev–Trinajstić information content (AvgIpc) is 3.53. The van der Waals surface area contributed by atoms with Crippen molar-refractivity contribution in [3.8, 4) is 5.75 Å². The summed E-state index contributed by atoms with van der Waals surface area (Å²) in [6.45, 7) is 10.4. The Labute approximate surface area is 230 Å². The highest BCUT2D eigenvalue weighted by Crippen LogP contribution is 2.66. The minimum Gasteiger partial charge on any atom is -0.494 e. The number of carbonyl (C=O) groups is 3. The number of aliphatic hydroxyl groups is 1. The number of fused-ring (bicyclic) bond motifs is 1. The number of aliphatic hydroxyl groups excluding tert-OH is 1. The number of likely N-dealkylation sites (tertiary alicyclic amines) is 1. The zero-order valence-electron chi connectivity index (χ0n) is 23.2. The summed E-state index contributed by atoms with van der Waals surface area (Å²) in [4.78, 5) is 43.5. The molecule has 1 aromatic carbocycles. The van der Waals surface area contributed by atoms with Crippen molar-refractivity contribution < 1.29 is 24.2 Å². The normalized spacial score (nSPS) is 30.1. The van der Waals surface area contributed by atoms with Gasteiger partial charge in [-0.25, -0.2) is 0 Å². The fraction of sp³-hybridized carbons (Fsp3) is 0.690. The lowest BCUT2D eigenvalue weighted by atomic mass is 9.70. The van der Waals surface area contributed by atoms with Gasteiger partial charge in [0.2, 0.25) is 17.7 Å². The van der Waals surface area contributed by atoms with Crippen LogP contribution in [0.3, 0.4) is 0 Å². The van der Waals surface area contributed by atoms with Gasteiger partial charge in [0.15, 0.2) is 0 Å². The van der Waals surface area contributed by atoms with Gasteiger partial charge in [-0.1, -0.05) is 33.6 Å². The summed E-state index contributed by atoms with van der Waals surface area (Å²) in [5, 5.41) is 16.6. The minimum absolute atomic E-state index is 0.0147. The van der Waals surface area contributed by atoms with Crippen molar-refractivity contribution in [2.24, 2.45) is 17.8 Å².